The lowest BCUT2D eigenvalue weighted by molar-refractivity contribution is -0.142. The van der Waals surface area contributed by atoms with Crippen LogP contribution >= 0.6 is 23.2 Å². The quantitative estimate of drug-likeness (QED) is 0.469. The van der Waals surface area contributed by atoms with Gasteiger partial charge in [-0.15, -0.1) is 0 Å². The first-order valence-corrected chi connectivity index (χ1v) is 8.60. The summed E-state index contributed by atoms with van der Waals surface area (Å²) in [6.45, 7) is 0.477. The number of halogens is 2. The summed E-state index contributed by atoms with van der Waals surface area (Å²) in [6.07, 6.45) is 1.23. The van der Waals surface area contributed by atoms with E-state index in [1.807, 2.05) is 24.3 Å². The van der Waals surface area contributed by atoms with Crippen molar-refractivity contribution in [3.05, 3.63) is 58.1 Å². The first kappa shape index (κ1) is 19.4. The first-order chi connectivity index (χ1) is 12.0. The van der Waals surface area contributed by atoms with E-state index in [1.165, 1.54) is 7.11 Å². The zero-order valence-corrected chi connectivity index (χ0v) is 15.6. The van der Waals surface area contributed by atoms with E-state index in [-0.39, 0.29) is 5.97 Å². The van der Waals surface area contributed by atoms with Crippen LogP contribution in [0.3, 0.4) is 0 Å². The average molecular weight is 383 g/mol. The molecule has 0 saturated carbocycles. The first-order valence-electron chi connectivity index (χ1n) is 7.84. The van der Waals surface area contributed by atoms with E-state index in [4.69, 9.17) is 37.4 Å². The van der Waals surface area contributed by atoms with E-state index in [9.17, 15) is 4.79 Å². The third-order valence-corrected chi connectivity index (χ3v) is 4.35. The van der Waals surface area contributed by atoms with Crippen LogP contribution in [0.4, 0.5) is 0 Å². The number of hydrogen-bond acceptors (Lipinski definition) is 4. The number of rotatable bonds is 8. The van der Waals surface area contributed by atoms with E-state index >= 15 is 0 Å². The molecule has 0 fully saturated rings. The molecule has 0 unspecified atom stereocenters. The Bertz CT molecular complexity index is 701. The van der Waals surface area contributed by atoms with Crippen molar-refractivity contribution in [1.82, 2.24) is 0 Å². The summed E-state index contributed by atoms with van der Waals surface area (Å²) in [5, 5.41) is 0.985. The van der Waals surface area contributed by atoms with Gasteiger partial charge in [0, 0.05) is 10.0 Å². The van der Waals surface area contributed by atoms with Gasteiger partial charge in [0.05, 0.1) is 26.7 Å². The molecule has 4 nitrogen and oxygen atoms in total. The Morgan fingerprint density at radius 1 is 1.04 bits per heavy atom. The molecule has 0 aromatic heterocycles. The molecule has 134 valence electrons. The molecule has 0 heterocycles. The molecule has 0 bridgehead atoms. The molecule has 6 heteroatoms. The maximum atomic E-state index is 12.1. The Hall–Kier alpha value is -1.91. The number of esters is 1. The van der Waals surface area contributed by atoms with Gasteiger partial charge < -0.3 is 14.2 Å². The van der Waals surface area contributed by atoms with Gasteiger partial charge in [-0.3, -0.25) is 4.79 Å². The molecule has 0 aliphatic heterocycles. The number of ether oxygens (including phenoxy) is 3. The molecule has 1 atom stereocenters. The van der Waals surface area contributed by atoms with Crippen LogP contribution in [0.25, 0.3) is 0 Å². The van der Waals surface area contributed by atoms with Gasteiger partial charge in [0.25, 0.3) is 0 Å². The van der Waals surface area contributed by atoms with Crippen LogP contribution in [0, 0.1) is 0 Å². The van der Waals surface area contributed by atoms with Crippen LogP contribution in [0.15, 0.2) is 42.5 Å². The van der Waals surface area contributed by atoms with Crippen molar-refractivity contribution in [2.75, 3.05) is 20.8 Å². The predicted octanol–water partition coefficient (Wildman–Crippen LogP) is 5.12. The highest BCUT2D eigenvalue weighted by Crippen LogP contribution is 2.31. The summed E-state index contributed by atoms with van der Waals surface area (Å²) in [6, 6.07) is 12.4. The minimum atomic E-state index is -0.450. The van der Waals surface area contributed by atoms with Gasteiger partial charge in [0.15, 0.2) is 0 Å². The van der Waals surface area contributed by atoms with E-state index in [1.54, 1.807) is 25.3 Å². The fourth-order valence-corrected chi connectivity index (χ4v) is 3.02. The average Bonchev–Trinajstić information content (AvgIpc) is 2.62. The summed E-state index contributed by atoms with van der Waals surface area (Å²) in [5.74, 6) is 0.748. The number of methoxy groups -OCH3 is 2. The van der Waals surface area contributed by atoms with Crippen molar-refractivity contribution in [2.24, 2.45) is 0 Å². The lowest BCUT2D eigenvalue weighted by Gasteiger charge is -2.17. The third-order valence-electron chi connectivity index (χ3n) is 3.79. The van der Waals surface area contributed by atoms with Crippen molar-refractivity contribution in [3.63, 3.8) is 0 Å². The van der Waals surface area contributed by atoms with Crippen molar-refractivity contribution in [1.29, 1.82) is 0 Å². The van der Waals surface area contributed by atoms with Gasteiger partial charge in [-0.05, 0) is 54.8 Å². The summed E-state index contributed by atoms with van der Waals surface area (Å²) >= 11 is 12.1. The minimum Gasteiger partial charge on any atom is -0.497 e. The van der Waals surface area contributed by atoms with Crippen molar-refractivity contribution < 1.29 is 19.0 Å². The van der Waals surface area contributed by atoms with E-state index in [0.29, 0.717) is 35.1 Å². The number of carbonyl (C=O) groups is 1. The highest BCUT2D eigenvalue weighted by atomic mass is 35.5. The zero-order chi connectivity index (χ0) is 18.2. The molecule has 0 aliphatic carbocycles. The van der Waals surface area contributed by atoms with Crippen molar-refractivity contribution >= 4 is 29.2 Å². The van der Waals surface area contributed by atoms with Gasteiger partial charge in [0.2, 0.25) is 0 Å². The minimum absolute atomic E-state index is 0.325. The smallest absolute Gasteiger partial charge is 0.313 e. The fourth-order valence-electron chi connectivity index (χ4n) is 2.48. The maximum Gasteiger partial charge on any atom is 0.313 e. The van der Waals surface area contributed by atoms with Crippen LogP contribution < -0.4 is 9.47 Å². The molecule has 2 aromatic rings. The van der Waals surface area contributed by atoms with Crippen LogP contribution in [0.2, 0.25) is 10.0 Å². The SMILES string of the molecule is COC(=O)[C@H](CCCOc1ccc(OC)cc1)c1ccc(Cl)cc1Cl. The Balaban J connectivity index is 1.94. The van der Waals surface area contributed by atoms with E-state index < -0.39 is 5.92 Å². The maximum absolute atomic E-state index is 12.1. The Morgan fingerprint density at radius 3 is 2.32 bits per heavy atom. The molecular formula is C19H20Cl2O4. The number of carbonyl (C=O) groups excluding carboxylic acids is 1. The monoisotopic (exact) mass is 382 g/mol. The zero-order valence-electron chi connectivity index (χ0n) is 14.1. The second-order valence-electron chi connectivity index (χ2n) is 5.41. The molecule has 2 aromatic carbocycles. The Kier molecular flexibility index (Phi) is 7.41. The highest BCUT2D eigenvalue weighted by Gasteiger charge is 2.23. The molecular weight excluding hydrogens is 363 g/mol. The molecule has 0 N–H and O–H groups in total. The molecule has 25 heavy (non-hydrogen) atoms. The van der Waals surface area contributed by atoms with Gasteiger partial charge in [0.1, 0.15) is 11.5 Å². The summed E-state index contributed by atoms with van der Waals surface area (Å²) in [4.78, 5) is 12.1. The second-order valence-corrected chi connectivity index (χ2v) is 6.25. The molecule has 0 spiro atoms. The van der Waals surface area contributed by atoms with Crippen LogP contribution in [-0.4, -0.2) is 26.8 Å². The van der Waals surface area contributed by atoms with Crippen LogP contribution in [-0.2, 0) is 9.53 Å². The van der Waals surface area contributed by atoms with Gasteiger partial charge in [-0.1, -0.05) is 29.3 Å². The van der Waals surface area contributed by atoms with Crippen molar-refractivity contribution in [3.8, 4) is 11.5 Å². The van der Waals surface area contributed by atoms with E-state index in [2.05, 4.69) is 0 Å². The number of benzene rings is 2. The molecule has 0 radical (unpaired) electrons. The molecule has 0 amide bonds. The van der Waals surface area contributed by atoms with Crippen LogP contribution in [0.5, 0.6) is 11.5 Å². The molecule has 0 aliphatic rings. The van der Waals surface area contributed by atoms with Gasteiger partial charge in [-0.2, -0.15) is 0 Å². The topological polar surface area (TPSA) is 44.8 Å². The molecule has 0 saturated heterocycles. The largest absolute Gasteiger partial charge is 0.497 e. The van der Waals surface area contributed by atoms with Gasteiger partial charge >= 0.3 is 5.97 Å². The normalized spacial score (nSPS) is 11.7. The van der Waals surface area contributed by atoms with Crippen LogP contribution in [0.1, 0.15) is 24.3 Å². The molecule has 2 rings (SSSR count). The summed E-state index contributed by atoms with van der Waals surface area (Å²) in [5.41, 5.74) is 0.711. The third kappa shape index (κ3) is 5.55. The Labute approximate surface area is 157 Å². The van der Waals surface area contributed by atoms with Gasteiger partial charge in [-0.25, -0.2) is 0 Å². The van der Waals surface area contributed by atoms with Crippen molar-refractivity contribution in [2.45, 2.75) is 18.8 Å². The Morgan fingerprint density at radius 2 is 1.72 bits per heavy atom. The standard InChI is InChI=1S/C19H20Cl2O4/c1-23-14-6-8-15(9-7-14)25-11-3-4-17(19(22)24-2)16-10-5-13(20)12-18(16)21/h5-10,12,17H,3-4,11H2,1-2H3/t17-/m1/s1. The summed E-state index contributed by atoms with van der Waals surface area (Å²) < 4.78 is 15.7. The van der Waals surface area contributed by atoms with E-state index in [0.717, 1.165) is 11.5 Å². The predicted molar refractivity (Wildman–Crippen MR) is 98.9 cm³/mol. The fraction of sp³-hybridized carbons (Fsp3) is 0.316. The lowest BCUT2D eigenvalue weighted by Crippen LogP contribution is -2.16. The summed E-state index contributed by atoms with van der Waals surface area (Å²) in [7, 11) is 2.98. The highest BCUT2D eigenvalue weighted by molar-refractivity contribution is 6.35. The number of hydrogen-bond donors (Lipinski definition) is 0. The second kappa shape index (κ2) is 9.54. The lowest BCUT2D eigenvalue weighted by atomic mass is 9.94.